The van der Waals surface area contributed by atoms with E-state index in [1.54, 1.807) is 20.2 Å². The maximum absolute atomic E-state index is 13.8. The molecule has 208 valence electrons. The molecule has 1 aromatic rings. The standard InChI is InChI=1S/C28H33N3O8/c1-30(2)22-17-11-15-10-14-7-13(8-16(32)12-31-5-3-4-6-31)9-18(33)19(14)23(34)20(15)25(36)28(17,39)26(37)21(24(22)35)27(29)38/h7,9,15,17,22,33-34,37,39H,3-6,8,10-12H2,1-2H3,(H2,29,38)/t15-,17-,22-,28-/m0/s1. The van der Waals surface area contributed by atoms with Gasteiger partial charge in [0.1, 0.15) is 22.8 Å². The molecule has 1 amide bonds. The number of Topliss-reactive ketones (excluding diaryl/α,β-unsaturated/α-hetero) is 3. The number of aliphatic hydroxyl groups excluding tert-OH is 2. The van der Waals surface area contributed by atoms with E-state index in [9.17, 15) is 39.6 Å². The van der Waals surface area contributed by atoms with Gasteiger partial charge < -0.3 is 26.2 Å². The van der Waals surface area contributed by atoms with E-state index < -0.39 is 58.0 Å². The number of hydrogen-bond donors (Lipinski definition) is 5. The van der Waals surface area contributed by atoms with Gasteiger partial charge in [0.2, 0.25) is 5.78 Å². The molecule has 1 saturated carbocycles. The van der Waals surface area contributed by atoms with E-state index in [0.29, 0.717) is 17.7 Å². The molecule has 11 nitrogen and oxygen atoms in total. The van der Waals surface area contributed by atoms with E-state index in [2.05, 4.69) is 4.90 Å². The Morgan fingerprint density at radius 2 is 1.79 bits per heavy atom. The number of nitrogens with zero attached hydrogens (tertiary/aromatic N) is 2. The first-order chi connectivity index (χ1) is 18.4. The van der Waals surface area contributed by atoms with Gasteiger partial charge in [0, 0.05) is 17.9 Å². The summed E-state index contributed by atoms with van der Waals surface area (Å²) in [4.78, 5) is 55.2. The van der Waals surface area contributed by atoms with Crippen molar-refractivity contribution >= 4 is 29.0 Å². The second-order valence-corrected chi connectivity index (χ2v) is 11.3. The molecule has 1 saturated heterocycles. The van der Waals surface area contributed by atoms with Crippen LogP contribution in [0.5, 0.6) is 5.75 Å². The fraction of sp³-hybridized carbons (Fsp3) is 0.500. The molecule has 39 heavy (non-hydrogen) atoms. The van der Waals surface area contributed by atoms with Gasteiger partial charge in [-0.15, -0.1) is 0 Å². The maximum atomic E-state index is 13.8. The van der Waals surface area contributed by atoms with E-state index in [1.165, 1.54) is 11.0 Å². The predicted molar refractivity (Wildman–Crippen MR) is 139 cm³/mol. The molecule has 4 aliphatic rings. The van der Waals surface area contributed by atoms with Crippen molar-refractivity contribution in [1.82, 2.24) is 9.80 Å². The molecule has 3 aliphatic carbocycles. The summed E-state index contributed by atoms with van der Waals surface area (Å²) in [6.45, 7) is 2.09. The summed E-state index contributed by atoms with van der Waals surface area (Å²) in [5, 5.41) is 44.5. The van der Waals surface area contributed by atoms with Crippen molar-refractivity contribution in [3.8, 4) is 5.75 Å². The number of fused-ring (bicyclic) bond motifs is 3. The molecule has 0 unspecified atom stereocenters. The first kappa shape index (κ1) is 27.0. The van der Waals surface area contributed by atoms with Crippen LogP contribution in [0.1, 0.15) is 36.0 Å². The number of benzene rings is 1. The van der Waals surface area contributed by atoms with Crippen molar-refractivity contribution in [3.63, 3.8) is 0 Å². The molecule has 4 atom stereocenters. The molecule has 2 fully saturated rings. The molecule has 6 N–H and O–H groups in total. The number of rotatable bonds is 6. The molecular formula is C28H33N3O8. The lowest BCUT2D eigenvalue weighted by atomic mass is 9.57. The van der Waals surface area contributed by atoms with Gasteiger partial charge >= 0.3 is 0 Å². The quantitative estimate of drug-likeness (QED) is 0.313. The summed E-state index contributed by atoms with van der Waals surface area (Å²) in [5.41, 5.74) is 2.75. The number of primary amides is 1. The van der Waals surface area contributed by atoms with Crippen molar-refractivity contribution in [1.29, 1.82) is 0 Å². The minimum absolute atomic E-state index is 0.00693. The van der Waals surface area contributed by atoms with E-state index >= 15 is 0 Å². The highest BCUT2D eigenvalue weighted by molar-refractivity contribution is 6.24. The molecule has 0 spiro atoms. The zero-order chi connectivity index (χ0) is 28.4. The van der Waals surface area contributed by atoms with Gasteiger partial charge in [-0.05, 0) is 76.0 Å². The Morgan fingerprint density at radius 3 is 2.41 bits per heavy atom. The van der Waals surface area contributed by atoms with E-state index in [0.717, 1.165) is 25.9 Å². The SMILES string of the molecule is CN(C)[C@@H]1C(=O)C(C(N)=O)=C(O)[C@@]2(O)C(=O)C3=C(O)c4c(O)cc(CC(=O)CN5CCCC5)cc4C[C@H]3C[C@@H]12. The van der Waals surface area contributed by atoms with Crippen LogP contribution >= 0.6 is 0 Å². The molecule has 11 heteroatoms. The van der Waals surface area contributed by atoms with Crippen LogP contribution in [0.3, 0.4) is 0 Å². The Labute approximate surface area is 225 Å². The molecule has 1 aromatic carbocycles. The highest BCUT2D eigenvalue weighted by atomic mass is 16.3. The van der Waals surface area contributed by atoms with Gasteiger partial charge in [-0.3, -0.25) is 29.0 Å². The van der Waals surface area contributed by atoms with Gasteiger partial charge in [-0.25, -0.2) is 0 Å². The van der Waals surface area contributed by atoms with Crippen LogP contribution in [-0.2, 0) is 32.0 Å². The Balaban J connectivity index is 1.55. The van der Waals surface area contributed by atoms with E-state index in [-0.39, 0.29) is 41.9 Å². The molecule has 1 aliphatic heterocycles. The number of phenols is 1. The largest absolute Gasteiger partial charge is 0.508 e. The van der Waals surface area contributed by atoms with Gasteiger partial charge in [0.05, 0.1) is 18.2 Å². The van der Waals surface area contributed by atoms with Crippen LogP contribution in [0.4, 0.5) is 0 Å². The van der Waals surface area contributed by atoms with Crippen molar-refractivity contribution in [2.45, 2.75) is 43.7 Å². The van der Waals surface area contributed by atoms with Gasteiger partial charge in [0.15, 0.2) is 17.2 Å². The number of ketones is 3. The topological polar surface area (TPSA) is 182 Å². The molecular weight excluding hydrogens is 506 g/mol. The molecule has 0 aromatic heterocycles. The van der Waals surface area contributed by atoms with Crippen LogP contribution in [0, 0.1) is 11.8 Å². The maximum Gasteiger partial charge on any atom is 0.255 e. The van der Waals surface area contributed by atoms with Crippen LogP contribution in [0.2, 0.25) is 0 Å². The van der Waals surface area contributed by atoms with Gasteiger partial charge in [-0.2, -0.15) is 0 Å². The lowest BCUT2D eigenvalue weighted by Gasteiger charge is -2.50. The van der Waals surface area contributed by atoms with Crippen LogP contribution in [0.15, 0.2) is 29.0 Å². The zero-order valence-electron chi connectivity index (χ0n) is 21.9. The third-order valence-corrected chi connectivity index (χ3v) is 8.59. The third kappa shape index (κ3) is 4.16. The molecule has 0 radical (unpaired) electrons. The van der Waals surface area contributed by atoms with Gasteiger partial charge in [-0.1, -0.05) is 6.07 Å². The Morgan fingerprint density at radius 1 is 1.13 bits per heavy atom. The number of likely N-dealkylation sites (N-methyl/N-ethyl adjacent to an activating group) is 1. The number of likely N-dealkylation sites (tertiary alicyclic amines) is 1. The summed E-state index contributed by atoms with van der Waals surface area (Å²) in [6.07, 6.45) is 2.44. The highest BCUT2D eigenvalue weighted by Gasteiger charge is 2.64. The predicted octanol–water partition coefficient (Wildman–Crippen LogP) is 0.171. The fourth-order valence-electron chi connectivity index (χ4n) is 6.91. The number of aliphatic hydroxyl groups is 3. The number of amides is 1. The van der Waals surface area contributed by atoms with Crippen molar-refractivity contribution in [2.75, 3.05) is 33.7 Å². The average molecular weight is 540 g/mol. The minimum Gasteiger partial charge on any atom is -0.508 e. The van der Waals surface area contributed by atoms with Crippen molar-refractivity contribution < 1.29 is 39.6 Å². The Bertz CT molecular complexity index is 1360. The molecule has 1 heterocycles. The second-order valence-electron chi connectivity index (χ2n) is 11.3. The minimum atomic E-state index is -2.66. The summed E-state index contributed by atoms with van der Waals surface area (Å²) in [6, 6.07) is 1.98. The Kier molecular flexibility index (Phi) is 6.64. The monoisotopic (exact) mass is 539 g/mol. The van der Waals surface area contributed by atoms with Crippen molar-refractivity contribution in [2.24, 2.45) is 17.6 Å². The highest BCUT2D eigenvalue weighted by Crippen LogP contribution is 2.52. The summed E-state index contributed by atoms with van der Waals surface area (Å²) in [5.74, 6) is -6.87. The van der Waals surface area contributed by atoms with Gasteiger partial charge in [0.25, 0.3) is 5.91 Å². The zero-order valence-corrected chi connectivity index (χ0v) is 21.9. The van der Waals surface area contributed by atoms with Crippen LogP contribution in [0.25, 0.3) is 5.76 Å². The van der Waals surface area contributed by atoms with E-state index in [1.807, 2.05) is 0 Å². The molecule has 0 bridgehead atoms. The first-order valence-electron chi connectivity index (χ1n) is 13.1. The fourth-order valence-corrected chi connectivity index (χ4v) is 6.91. The second kappa shape index (κ2) is 9.58. The summed E-state index contributed by atoms with van der Waals surface area (Å²) < 4.78 is 0. The van der Waals surface area contributed by atoms with Crippen LogP contribution < -0.4 is 5.73 Å². The molecule has 5 rings (SSSR count). The smallest absolute Gasteiger partial charge is 0.255 e. The lowest BCUT2D eigenvalue weighted by Crippen LogP contribution is -2.65. The normalized spacial score (nSPS) is 29.0. The number of nitrogens with two attached hydrogens (primary N) is 1. The summed E-state index contributed by atoms with van der Waals surface area (Å²) >= 11 is 0. The summed E-state index contributed by atoms with van der Waals surface area (Å²) in [7, 11) is 3.10. The number of phenolic OH excluding ortho intramolecular Hbond substituents is 1. The average Bonchev–Trinajstić information content (AvgIpc) is 3.33. The van der Waals surface area contributed by atoms with Crippen LogP contribution in [-0.4, -0.2) is 98.9 Å². The Hall–Kier alpha value is -3.54. The van der Waals surface area contributed by atoms with E-state index in [4.69, 9.17) is 5.73 Å². The number of carbonyl (C=O) groups is 4. The number of aromatic hydroxyl groups is 1. The lowest BCUT2D eigenvalue weighted by molar-refractivity contribution is -0.153. The third-order valence-electron chi connectivity index (χ3n) is 8.59. The number of hydrogen-bond acceptors (Lipinski definition) is 10. The first-order valence-corrected chi connectivity index (χ1v) is 13.1. The van der Waals surface area contributed by atoms with Crippen molar-refractivity contribution in [3.05, 3.63) is 45.7 Å². The number of carbonyl (C=O) groups excluding carboxylic acids is 4.